The Morgan fingerprint density at radius 1 is 0.974 bits per heavy atom. The van der Waals surface area contributed by atoms with Crippen molar-refractivity contribution in [1.82, 2.24) is 9.88 Å². The van der Waals surface area contributed by atoms with Crippen LogP contribution in [0.3, 0.4) is 0 Å². The number of fused-ring (bicyclic) bond motifs is 1. The summed E-state index contributed by atoms with van der Waals surface area (Å²) in [6.07, 6.45) is 1.82. The van der Waals surface area contributed by atoms with E-state index in [2.05, 4.69) is 15.2 Å². The number of nitrogens with one attached hydrogen (secondary N) is 1. The van der Waals surface area contributed by atoms with E-state index >= 15 is 0 Å². The van der Waals surface area contributed by atoms with Crippen LogP contribution in [0.15, 0.2) is 54.7 Å². The number of carbonyl (C=O) groups is 1. The second-order valence-corrected chi connectivity index (χ2v) is 10.7. The Labute approximate surface area is 225 Å². The van der Waals surface area contributed by atoms with E-state index in [-0.39, 0.29) is 11.8 Å². The first-order chi connectivity index (χ1) is 18.8. The molecule has 3 aromatic rings. The van der Waals surface area contributed by atoms with E-state index in [9.17, 15) is 18.0 Å². The monoisotopic (exact) mass is 536 g/mol. The Morgan fingerprint density at radius 3 is 2.54 bits per heavy atom. The minimum atomic E-state index is -4.40. The first kappa shape index (κ1) is 25.7. The molecule has 2 fully saturated rings. The van der Waals surface area contributed by atoms with E-state index in [4.69, 9.17) is 4.74 Å². The van der Waals surface area contributed by atoms with Gasteiger partial charge in [-0.2, -0.15) is 13.2 Å². The zero-order chi connectivity index (χ0) is 27.0. The molecule has 1 N–H and O–H groups in total. The van der Waals surface area contributed by atoms with Gasteiger partial charge in [0.1, 0.15) is 17.3 Å². The van der Waals surface area contributed by atoms with E-state index in [0.29, 0.717) is 48.2 Å². The van der Waals surface area contributed by atoms with Crippen LogP contribution in [-0.2, 0) is 30.5 Å². The van der Waals surface area contributed by atoms with Gasteiger partial charge in [0.2, 0.25) is 5.91 Å². The highest BCUT2D eigenvalue weighted by Crippen LogP contribution is 2.37. The van der Waals surface area contributed by atoms with E-state index in [1.54, 1.807) is 24.4 Å². The lowest BCUT2D eigenvalue weighted by atomic mass is 9.98. The molecule has 0 bridgehead atoms. The van der Waals surface area contributed by atoms with Gasteiger partial charge >= 0.3 is 6.18 Å². The maximum absolute atomic E-state index is 14.0. The van der Waals surface area contributed by atoms with Gasteiger partial charge in [-0.25, -0.2) is 4.98 Å². The number of aromatic nitrogens is 1. The molecule has 3 heterocycles. The lowest BCUT2D eigenvalue weighted by Crippen LogP contribution is -2.30. The molecule has 2 aliphatic heterocycles. The maximum Gasteiger partial charge on any atom is 0.416 e. The van der Waals surface area contributed by atoms with E-state index in [0.717, 1.165) is 56.3 Å². The van der Waals surface area contributed by atoms with Crippen molar-refractivity contribution in [2.24, 2.45) is 5.92 Å². The van der Waals surface area contributed by atoms with Gasteiger partial charge in [-0.05, 0) is 92.2 Å². The number of carbonyl (C=O) groups excluding carboxylic acids is 1. The molecule has 1 aromatic heterocycles. The van der Waals surface area contributed by atoms with Crippen LogP contribution in [0.2, 0.25) is 0 Å². The number of benzene rings is 2. The van der Waals surface area contributed by atoms with E-state index < -0.39 is 11.7 Å². The quantitative estimate of drug-likeness (QED) is 0.379. The lowest BCUT2D eigenvalue weighted by molar-refractivity contribution is -0.138. The summed E-state index contributed by atoms with van der Waals surface area (Å²) >= 11 is 0. The highest BCUT2D eigenvalue weighted by Gasteiger charge is 2.35. The topological polar surface area (TPSA) is 57.7 Å². The Morgan fingerprint density at radius 2 is 1.77 bits per heavy atom. The normalized spacial score (nSPS) is 17.7. The second kappa shape index (κ2) is 10.5. The number of pyridine rings is 1. The molecule has 1 aliphatic carbocycles. The van der Waals surface area contributed by atoms with Gasteiger partial charge in [-0.1, -0.05) is 12.1 Å². The number of anilines is 2. The number of alkyl halides is 3. The van der Waals surface area contributed by atoms with Crippen LogP contribution in [0.5, 0.6) is 11.5 Å². The van der Waals surface area contributed by atoms with Crippen molar-refractivity contribution in [3.8, 4) is 11.5 Å². The summed E-state index contributed by atoms with van der Waals surface area (Å²) < 4.78 is 48.1. The Bertz CT molecular complexity index is 1370. The fraction of sp³-hybridized carbons (Fsp3) is 0.400. The molecule has 3 aliphatic rings. The smallest absolute Gasteiger partial charge is 0.416 e. The van der Waals surface area contributed by atoms with E-state index in [1.165, 1.54) is 6.07 Å². The molecule has 6 rings (SSSR count). The average Bonchev–Trinajstić information content (AvgIpc) is 3.65. The molecule has 39 heavy (non-hydrogen) atoms. The molecule has 1 amide bonds. The van der Waals surface area contributed by atoms with Gasteiger partial charge in [-0.15, -0.1) is 0 Å². The first-order valence-electron chi connectivity index (χ1n) is 13.6. The highest BCUT2D eigenvalue weighted by atomic mass is 19.4. The summed E-state index contributed by atoms with van der Waals surface area (Å²) in [5.74, 6) is 1.67. The molecule has 1 saturated carbocycles. The van der Waals surface area contributed by atoms with Gasteiger partial charge in [-0.3, -0.25) is 9.69 Å². The summed E-state index contributed by atoms with van der Waals surface area (Å²) in [6, 6.07) is 14.0. The number of hydrogen-bond donors (Lipinski definition) is 1. The molecule has 204 valence electrons. The fourth-order valence-electron chi connectivity index (χ4n) is 5.41. The van der Waals surface area contributed by atoms with Crippen LogP contribution in [0.4, 0.5) is 24.7 Å². The number of hydrogen-bond acceptors (Lipinski definition) is 5. The predicted molar refractivity (Wildman–Crippen MR) is 143 cm³/mol. The zero-order valence-electron chi connectivity index (χ0n) is 21.6. The number of likely N-dealkylation sites (tertiary alicyclic amines) is 1. The summed E-state index contributed by atoms with van der Waals surface area (Å²) in [4.78, 5) is 20.4. The summed E-state index contributed by atoms with van der Waals surface area (Å²) in [6.45, 7) is 3.17. The van der Waals surface area contributed by atoms with Crippen molar-refractivity contribution in [3.05, 3.63) is 77.0 Å². The van der Waals surface area contributed by atoms with Crippen LogP contribution in [0, 0.1) is 5.92 Å². The molecule has 0 unspecified atom stereocenters. The highest BCUT2D eigenvalue weighted by molar-refractivity contribution is 5.93. The maximum atomic E-state index is 14.0. The van der Waals surface area contributed by atoms with Gasteiger partial charge in [0.15, 0.2) is 0 Å². The third-order valence-electron chi connectivity index (χ3n) is 7.71. The average molecular weight is 537 g/mol. The molecule has 1 saturated heterocycles. The summed E-state index contributed by atoms with van der Waals surface area (Å²) in [5, 5.41) is 2.82. The number of halogens is 3. The minimum Gasteiger partial charge on any atom is -0.457 e. The fourth-order valence-corrected chi connectivity index (χ4v) is 5.41. The lowest BCUT2D eigenvalue weighted by Gasteiger charge is -2.32. The zero-order valence-corrected chi connectivity index (χ0v) is 21.6. The molecule has 6 nitrogen and oxygen atoms in total. The van der Waals surface area contributed by atoms with Crippen LogP contribution < -0.4 is 15.0 Å². The third kappa shape index (κ3) is 6.03. The first-order valence-corrected chi connectivity index (χ1v) is 13.6. The molecule has 0 spiro atoms. The van der Waals surface area contributed by atoms with Crippen molar-refractivity contribution in [1.29, 1.82) is 0 Å². The largest absolute Gasteiger partial charge is 0.457 e. The van der Waals surface area contributed by atoms with Crippen LogP contribution in [0.25, 0.3) is 0 Å². The molecule has 0 radical (unpaired) electrons. The number of nitrogens with zero attached hydrogens (tertiary/aromatic N) is 3. The molecule has 0 atom stereocenters. The third-order valence-corrected chi connectivity index (χ3v) is 7.71. The Hall–Kier alpha value is -3.59. The summed E-state index contributed by atoms with van der Waals surface area (Å²) in [5.41, 5.74) is 2.55. The van der Waals surface area contributed by atoms with Crippen molar-refractivity contribution in [2.45, 2.75) is 51.4 Å². The van der Waals surface area contributed by atoms with Crippen LogP contribution in [0.1, 0.15) is 47.9 Å². The summed E-state index contributed by atoms with van der Waals surface area (Å²) in [7, 11) is 0. The number of ether oxygens (including phenoxy) is 1. The van der Waals surface area contributed by atoms with Crippen molar-refractivity contribution in [3.63, 3.8) is 0 Å². The van der Waals surface area contributed by atoms with Gasteiger partial charge in [0.25, 0.3) is 0 Å². The van der Waals surface area contributed by atoms with Crippen LogP contribution in [-0.4, -0.2) is 35.4 Å². The van der Waals surface area contributed by atoms with Gasteiger partial charge in [0.05, 0.1) is 5.56 Å². The number of amides is 1. The standard InChI is InChI=1S/C30H31F3N4O2/c31-30(32,33)27-16-24(7-5-22(27)18-36-12-1-2-13-36)37-14-10-20-6-8-25(15-23(20)19-37)39-26-9-11-34-28(17-26)35-29(38)21-3-4-21/h5-9,11,15-17,21H,1-4,10,12-14,18-19H2,(H,34,35,38). The van der Waals surface area contributed by atoms with Gasteiger partial charge < -0.3 is 15.0 Å². The van der Waals surface area contributed by atoms with Crippen molar-refractivity contribution < 1.29 is 22.7 Å². The molecular weight excluding hydrogens is 505 g/mol. The predicted octanol–water partition coefficient (Wildman–Crippen LogP) is 6.40. The second-order valence-electron chi connectivity index (χ2n) is 10.7. The Balaban J connectivity index is 1.18. The minimum absolute atomic E-state index is 0.0220. The SMILES string of the molecule is O=C(Nc1cc(Oc2ccc3c(c2)CN(c2ccc(CN4CCCC4)c(C(F)(F)F)c2)CC3)ccn1)C1CC1. The van der Waals surface area contributed by atoms with Crippen LogP contribution >= 0.6 is 0 Å². The van der Waals surface area contributed by atoms with Crippen molar-refractivity contribution >= 4 is 17.4 Å². The van der Waals surface area contributed by atoms with Crippen molar-refractivity contribution in [2.75, 3.05) is 29.9 Å². The molecular formula is C30H31F3N4O2. The van der Waals surface area contributed by atoms with E-state index in [1.807, 2.05) is 29.2 Å². The molecule has 9 heteroatoms. The Kier molecular flexibility index (Phi) is 6.93. The van der Waals surface area contributed by atoms with Gasteiger partial charge in [0, 0.05) is 43.5 Å². The number of rotatable bonds is 7. The molecule has 2 aromatic carbocycles.